The predicted molar refractivity (Wildman–Crippen MR) is 146 cm³/mol. The number of methoxy groups -OCH3 is 2. The Labute approximate surface area is 226 Å². The van der Waals surface area contributed by atoms with Gasteiger partial charge in [0.1, 0.15) is 6.61 Å². The van der Waals surface area contributed by atoms with Gasteiger partial charge in [0.2, 0.25) is 0 Å². The molecule has 2 saturated heterocycles. The zero-order valence-corrected chi connectivity index (χ0v) is 22.6. The van der Waals surface area contributed by atoms with E-state index in [0.717, 1.165) is 43.3 Å². The number of aromatic nitrogens is 3. The number of nitrogens with one attached hydrogen (secondary N) is 2. The molecule has 6 rings (SSSR count). The number of ether oxygens (including phenoxy) is 4. The summed E-state index contributed by atoms with van der Waals surface area (Å²) in [6, 6.07) is 7.34. The molecule has 2 aliphatic heterocycles. The Morgan fingerprint density at radius 2 is 1.87 bits per heavy atom. The van der Waals surface area contributed by atoms with E-state index in [0.29, 0.717) is 54.6 Å². The number of anilines is 1. The Morgan fingerprint density at radius 3 is 2.54 bits per heavy atom. The molecule has 1 aromatic carbocycles. The maximum Gasteiger partial charge on any atom is 0.269 e. The number of hydrogen-bond donors (Lipinski definition) is 2. The lowest BCUT2D eigenvalue weighted by molar-refractivity contribution is -0.167. The van der Waals surface area contributed by atoms with Gasteiger partial charge in [-0.1, -0.05) is 0 Å². The van der Waals surface area contributed by atoms with Crippen LogP contribution in [0, 0.1) is 0 Å². The van der Waals surface area contributed by atoms with E-state index in [-0.39, 0.29) is 23.3 Å². The Morgan fingerprint density at radius 1 is 1.10 bits per heavy atom. The third-order valence-electron chi connectivity index (χ3n) is 8.02. The van der Waals surface area contributed by atoms with Crippen LogP contribution in [0.3, 0.4) is 0 Å². The zero-order chi connectivity index (χ0) is 27.5. The van der Waals surface area contributed by atoms with Crippen LogP contribution in [-0.2, 0) is 22.6 Å². The molecule has 2 N–H and O–H groups in total. The molecule has 39 heavy (non-hydrogen) atoms. The van der Waals surface area contributed by atoms with Gasteiger partial charge in [0, 0.05) is 37.8 Å². The van der Waals surface area contributed by atoms with Crippen molar-refractivity contribution >= 4 is 23.1 Å². The van der Waals surface area contributed by atoms with Crippen molar-refractivity contribution in [2.24, 2.45) is 0 Å². The normalized spacial score (nSPS) is 22.0. The first-order chi connectivity index (χ1) is 18.9. The van der Waals surface area contributed by atoms with Gasteiger partial charge in [0.25, 0.3) is 5.56 Å². The van der Waals surface area contributed by atoms with Crippen LogP contribution < -0.4 is 30.4 Å². The molecular formula is C28H35N5O6. The van der Waals surface area contributed by atoms with Gasteiger partial charge in [0.05, 0.1) is 49.4 Å². The Balaban J connectivity index is 1.23. The molecular weight excluding hydrogens is 502 g/mol. The second-order valence-electron chi connectivity index (χ2n) is 10.2. The number of aldehydes is 1. The van der Waals surface area contributed by atoms with E-state index in [9.17, 15) is 9.59 Å². The third-order valence-corrected chi connectivity index (χ3v) is 8.02. The van der Waals surface area contributed by atoms with Gasteiger partial charge in [-0.15, -0.1) is 0 Å². The van der Waals surface area contributed by atoms with Crippen molar-refractivity contribution in [2.45, 2.75) is 56.3 Å². The van der Waals surface area contributed by atoms with Gasteiger partial charge in [-0.3, -0.25) is 9.59 Å². The van der Waals surface area contributed by atoms with Crippen molar-refractivity contribution in [1.82, 2.24) is 19.9 Å². The molecule has 3 fully saturated rings. The maximum atomic E-state index is 12.8. The van der Waals surface area contributed by atoms with Crippen LogP contribution >= 0.6 is 0 Å². The smallest absolute Gasteiger partial charge is 0.269 e. The monoisotopic (exact) mass is 537 g/mol. The number of carbonyl (C=O) groups is 1. The molecule has 2 bridgehead atoms. The topological polar surface area (TPSA) is 126 Å². The lowest BCUT2D eigenvalue weighted by Gasteiger charge is -2.53. The first-order valence-corrected chi connectivity index (χ1v) is 13.2. The highest BCUT2D eigenvalue weighted by molar-refractivity contribution is 5.79. The van der Waals surface area contributed by atoms with Crippen molar-refractivity contribution in [1.29, 1.82) is 0 Å². The molecule has 208 valence electrons. The first-order valence-electron chi connectivity index (χ1n) is 13.2. The Hall–Kier alpha value is -3.70. The summed E-state index contributed by atoms with van der Waals surface area (Å²) in [5.74, 6) is 2.29. The molecule has 0 radical (unpaired) electrons. The molecule has 0 spiro atoms. The summed E-state index contributed by atoms with van der Waals surface area (Å²) in [5.41, 5.74) is 1.79. The minimum absolute atomic E-state index is 0.00881. The molecule has 11 heteroatoms. The maximum absolute atomic E-state index is 12.8. The number of rotatable bonds is 12. The highest BCUT2D eigenvalue weighted by atomic mass is 16.5. The highest BCUT2D eigenvalue weighted by Gasteiger charge is 2.49. The van der Waals surface area contributed by atoms with Crippen molar-refractivity contribution in [3.05, 3.63) is 46.5 Å². The van der Waals surface area contributed by atoms with Crippen molar-refractivity contribution < 1.29 is 23.7 Å². The standard InChI is InChI=1S/C28H35N5O6/c1-29-26-22(38-13-12-34)5-4-19(32-26)16-31-27-6-8-28(9-7-27,39-18-27)10-11-33-21-15-24(37-3)23(36-2)14-20(21)30-17-25(33)35/h4-5,12,14-15,17,31H,6-11,13,16,18H2,1-3H3,(H,29,32). The summed E-state index contributed by atoms with van der Waals surface area (Å²) >= 11 is 0. The molecule has 11 nitrogen and oxygen atoms in total. The second-order valence-corrected chi connectivity index (χ2v) is 10.2. The summed E-state index contributed by atoms with van der Waals surface area (Å²) in [7, 11) is 4.93. The lowest BCUT2D eigenvalue weighted by Crippen LogP contribution is -2.61. The van der Waals surface area contributed by atoms with E-state index in [1.807, 2.05) is 18.2 Å². The van der Waals surface area contributed by atoms with Gasteiger partial charge >= 0.3 is 0 Å². The fourth-order valence-electron chi connectivity index (χ4n) is 5.63. The first kappa shape index (κ1) is 26.9. The summed E-state index contributed by atoms with van der Waals surface area (Å²) < 4.78 is 24.5. The molecule has 4 heterocycles. The van der Waals surface area contributed by atoms with Crippen LogP contribution in [0.2, 0.25) is 0 Å². The lowest BCUT2D eigenvalue weighted by atomic mass is 9.70. The summed E-state index contributed by atoms with van der Waals surface area (Å²) in [5, 5.41) is 6.73. The fraction of sp³-hybridized carbons (Fsp3) is 0.500. The van der Waals surface area contributed by atoms with Gasteiger partial charge in [-0.2, -0.15) is 0 Å². The number of hydrogen-bond acceptors (Lipinski definition) is 10. The number of aryl methyl sites for hydroxylation is 1. The van der Waals surface area contributed by atoms with Crippen LogP contribution in [0.4, 0.5) is 5.82 Å². The van der Waals surface area contributed by atoms with E-state index < -0.39 is 0 Å². The minimum Gasteiger partial charge on any atom is -0.493 e. The van der Waals surface area contributed by atoms with E-state index in [4.69, 9.17) is 18.9 Å². The summed E-state index contributed by atoms with van der Waals surface area (Å²) in [6.45, 7) is 1.74. The molecule has 1 aliphatic carbocycles. The Bertz CT molecular complexity index is 1380. The molecule has 0 atom stereocenters. The van der Waals surface area contributed by atoms with Crippen molar-refractivity contribution in [2.75, 3.05) is 39.8 Å². The number of carbonyl (C=O) groups excluding carboxylic acids is 1. The minimum atomic E-state index is -0.246. The SMILES string of the molecule is CNc1nc(CNC23CCC(CCn4c(=O)cnc5cc(OC)c(OC)cc54)(CC2)OC3)ccc1OCC=O. The van der Waals surface area contributed by atoms with Gasteiger partial charge < -0.3 is 34.1 Å². The summed E-state index contributed by atoms with van der Waals surface area (Å²) in [4.78, 5) is 32.4. The molecule has 3 aromatic rings. The number of fused-ring (bicyclic) bond motifs is 4. The predicted octanol–water partition coefficient (Wildman–Crippen LogP) is 2.69. The van der Waals surface area contributed by atoms with Crippen LogP contribution in [0.15, 0.2) is 35.3 Å². The number of nitrogens with zero attached hydrogens (tertiary/aromatic N) is 3. The second kappa shape index (κ2) is 11.2. The van der Waals surface area contributed by atoms with E-state index >= 15 is 0 Å². The quantitative estimate of drug-likeness (QED) is 0.333. The molecule has 2 aromatic heterocycles. The summed E-state index contributed by atoms with van der Waals surface area (Å²) in [6.07, 6.45) is 6.63. The van der Waals surface area contributed by atoms with Gasteiger partial charge in [-0.05, 0) is 44.2 Å². The van der Waals surface area contributed by atoms with E-state index in [2.05, 4.69) is 20.6 Å². The number of benzene rings is 1. The molecule has 0 amide bonds. The van der Waals surface area contributed by atoms with Crippen molar-refractivity contribution in [3.63, 3.8) is 0 Å². The highest BCUT2D eigenvalue weighted by Crippen LogP contribution is 2.46. The van der Waals surface area contributed by atoms with Crippen LogP contribution in [-0.4, -0.2) is 66.4 Å². The number of pyridine rings is 1. The van der Waals surface area contributed by atoms with Crippen molar-refractivity contribution in [3.8, 4) is 17.2 Å². The average Bonchev–Trinajstić information content (AvgIpc) is 2.99. The molecule has 0 unspecified atom stereocenters. The van der Waals surface area contributed by atoms with E-state index in [1.165, 1.54) is 6.20 Å². The molecule has 3 aliphatic rings. The third kappa shape index (κ3) is 5.41. The fourth-order valence-corrected chi connectivity index (χ4v) is 5.63. The van der Waals surface area contributed by atoms with Gasteiger partial charge in [0.15, 0.2) is 29.4 Å². The van der Waals surface area contributed by atoms with Crippen LogP contribution in [0.25, 0.3) is 11.0 Å². The largest absolute Gasteiger partial charge is 0.493 e. The zero-order valence-electron chi connectivity index (χ0n) is 22.6. The van der Waals surface area contributed by atoms with Crippen LogP contribution in [0.1, 0.15) is 37.8 Å². The Kier molecular flexibility index (Phi) is 7.72. The molecule has 1 saturated carbocycles. The van der Waals surface area contributed by atoms with Gasteiger partial charge in [-0.25, -0.2) is 9.97 Å². The van der Waals surface area contributed by atoms with E-state index in [1.54, 1.807) is 31.9 Å². The van der Waals surface area contributed by atoms with Crippen LogP contribution in [0.5, 0.6) is 17.2 Å². The average molecular weight is 538 g/mol.